The van der Waals surface area contributed by atoms with E-state index in [-0.39, 0.29) is 21.8 Å². The van der Waals surface area contributed by atoms with E-state index in [1.165, 1.54) is 30.5 Å². The van der Waals surface area contributed by atoms with Crippen LogP contribution in [0.5, 0.6) is 0 Å². The Balaban J connectivity index is 1.18. The summed E-state index contributed by atoms with van der Waals surface area (Å²) in [5, 5.41) is 4.92. The highest BCUT2D eigenvalue weighted by atomic mass is 32.2. The third-order valence-corrected chi connectivity index (χ3v) is 7.85. The second-order valence-electron chi connectivity index (χ2n) is 9.42. The van der Waals surface area contributed by atoms with Crippen molar-refractivity contribution >= 4 is 40.9 Å². The second-order valence-corrected chi connectivity index (χ2v) is 10.7. The van der Waals surface area contributed by atoms with Gasteiger partial charge in [-0.2, -0.15) is 18.2 Å². The zero-order chi connectivity index (χ0) is 28.3. The smallest absolute Gasteiger partial charge is 0.425 e. The van der Waals surface area contributed by atoms with Gasteiger partial charge in [0.2, 0.25) is 5.76 Å². The normalized spacial score (nSPS) is 16.3. The fourth-order valence-corrected chi connectivity index (χ4v) is 5.71. The van der Waals surface area contributed by atoms with Gasteiger partial charge in [0.1, 0.15) is 11.6 Å². The van der Waals surface area contributed by atoms with Gasteiger partial charge in [-0.3, -0.25) is 4.79 Å². The molecule has 1 saturated carbocycles. The Bertz CT molecular complexity index is 1350. The molecule has 1 aliphatic carbocycles. The molecule has 3 heterocycles. The summed E-state index contributed by atoms with van der Waals surface area (Å²) in [5.41, 5.74) is -1.07. The molecule has 0 bridgehead atoms. The van der Waals surface area contributed by atoms with Crippen molar-refractivity contribution in [2.75, 3.05) is 41.7 Å². The summed E-state index contributed by atoms with van der Waals surface area (Å²) in [5.74, 6) is -1.91. The molecule has 2 aliphatic rings. The summed E-state index contributed by atoms with van der Waals surface area (Å²) < 4.78 is 59.8. The first-order valence-electron chi connectivity index (χ1n) is 12.7. The average molecular weight is 579 g/mol. The van der Waals surface area contributed by atoms with Gasteiger partial charge in [0.15, 0.2) is 5.69 Å². The van der Waals surface area contributed by atoms with Crippen LogP contribution < -0.4 is 15.5 Å². The minimum absolute atomic E-state index is 0.103. The summed E-state index contributed by atoms with van der Waals surface area (Å²) in [7, 11) is 0. The molecule has 2 N–H and O–H groups in total. The maximum atomic E-state index is 13.8. The number of aromatic nitrogens is 2. The number of nitrogens with zero attached hydrogens (tertiary/aromatic N) is 4. The number of alkyl halides is 3. The first kappa shape index (κ1) is 27.7. The van der Waals surface area contributed by atoms with Crippen LogP contribution in [0.15, 0.2) is 52.2 Å². The number of thioether (sulfide) groups is 1. The molecular formula is C26H26F4N6O3S. The number of anilines is 3. The van der Waals surface area contributed by atoms with E-state index in [0.29, 0.717) is 32.0 Å². The van der Waals surface area contributed by atoms with Crippen molar-refractivity contribution in [1.82, 2.24) is 14.9 Å². The summed E-state index contributed by atoms with van der Waals surface area (Å²) in [6.07, 6.45) is 0.222. The molecule has 212 valence electrons. The number of rotatable bonds is 6. The highest BCUT2D eigenvalue weighted by Gasteiger charge is 2.41. The molecule has 1 saturated heterocycles. The minimum atomic E-state index is -4.85. The number of urea groups is 1. The van der Waals surface area contributed by atoms with Crippen molar-refractivity contribution in [2.45, 2.75) is 42.3 Å². The molecule has 2 fully saturated rings. The quantitative estimate of drug-likeness (QED) is 0.353. The Labute approximate surface area is 231 Å². The van der Waals surface area contributed by atoms with Gasteiger partial charge in [0.25, 0.3) is 11.1 Å². The maximum absolute atomic E-state index is 13.8. The van der Waals surface area contributed by atoms with Crippen LogP contribution in [-0.2, 0) is 6.18 Å². The SMILES string of the molecule is O=C(Nc1ccc(N2CCN(C(=O)Nc3ccccc3F)CC2)nc1)c1oc(SC2CCCC2)nc1C(F)(F)F. The summed E-state index contributed by atoms with van der Waals surface area (Å²) in [6, 6.07) is 8.64. The number of carbonyl (C=O) groups excluding carboxylic acids is 2. The summed E-state index contributed by atoms with van der Waals surface area (Å²) in [6.45, 7) is 1.65. The molecule has 1 aromatic carbocycles. The van der Waals surface area contributed by atoms with Crippen molar-refractivity contribution in [3.63, 3.8) is 0 Å². The van der Waals surface area contributed by atoms with E-state index in [0.717, 1.165) is 37.4 Å². The summed E-state index contributed by atoms with van der Waals surface area (Å²) >= 11 is 1.13. The van der Waals surface area contributed by atoms with Gasteiger partial charge in [-0.25, -0.2) is 14.2 Å². The van der Waals surface area contributed by atoms with Gasteiger partial charge in [-0.1, -0.05) is 36.7 Å². The number of halogens is 4. The van der Waals surface area contributed by atoms with Crippen molar-refractivity contribution in [3.05, 3.63) is 59.9 Å². The molecule has 3 amide bonds. The Hall–Kier alpha value is -3.81. The lowest BCUT2D eigenvalue weighted by Gasteiger charge is -2.35. The zero-order valence-electron chi connectivity index (χ0n) is 21.2. The third-order valence-electron chi connectivity index (χ3n) is 6.66. The van der Waals surface area contributed by atoms with Gasteiger partial charge in [0, 0.05) is 31.4 Å². The van der Waals surface area contributed by atoms with E-state index in [9.17, 15) is 27.2 Å². The monoisotopic (exact) mass is 578 g/mol. The molecule has 9 nitrogen and oxygen atoms in total. The molecule has 3 aromatic rings. The molecule has 1 aliphatic heterocycles. The first-order valence-corrected chi connectivity index (χ1v) is 13.6. The number of pyridine rings is 1. The number of para-hydroxylation sites is 1. The van der Waals surface area contributed by atoms with E-state index in [1.807, 2.05) is 4.90 Å². The van der Waals surface area contributed by atoms with Crippen molar-refractivity contribution < 1.29 is 31.6 Å². The predicted molar refractivity (Wildman–Crippen MR) is 141 cm³/mol. The van der Waals surface area contributed by atoms with Crippen LogP contribution in [0.4, 0.5) is 39.5 Å². The number of hydrogen-bond donors (Lipinski definition) is 2. The van der Waals surface area contributed by atoms with Crippen molar-refractivity contribution in [3.8, 4) is 0 Å². The van der Waals surface area contributed by atoms with E-state index < -0.39 is 35.4 Å². The lowest BCUT2D eigenvalue weighted by Crippen LogP contribution is -2.50. The Morgan fingerprint density at radius 3 is 2.38 bits per heavy atom. The van der Waals surface area contributed by atoms with Crippen LogP contribution >= 0.6 is 11.8 Å². The summed E-state index contributed by atoms with van der Waals surface area (Å²) in [4.78, 5) is 36.6. The van der Waals surface area contributed by atoms with Crippen LogP contribution in [0.2, 0.25) is 0 Å². The lowest BCUT2D eigenvalue weighted by atomic mass is 10.3. The predicted octanol–water partition coefficient (Wildman–Crippen LogP) is 5.87. The lowest BCUT2D eigenvalue weighted by molar-refractivity contribution is -0.141. The molecule has 40 heavy (non-hydrogen) atoms. The van der Waals surface area contributed by atoms with Crippen LogP contribution in [0, 0.1) is 5.82 Å². The molecular weight excluding hydrogens is 552 g/mol. The molecule has 0 unspecified atom stereocenters. The van der Waals surface area contributed by atoms with E-state index >= 15 is 0 Å². The number of benzene rings is 1. The highest BCUT2D eigenvalue weighted by Crippen LogP contribution is 2.39. The Morgan fingerprint density at radius 2 is 1.73 bits per heavy atom. The van der Waals surface area contributed by atoms with Crippen LogP contribution in [0.3, 0.4) is 0 Å². The number of oxazole rings is 1. The fraction of sp³-hybridized carbons (Fsp3) is 0.385. The van der Waals surface area contributed by atoms with E-state index in [4.69, 9.17) is 4.42 Å². The molecule has 0 radical (unpaired) electrons. The second kappa shape index (κ2) is 11.7. The minimum Gasteiger partial charge on any atom is -0.425 e. The average Bonchev–Trinajstić information content (AvgIpc) is 3.61. The number of carbonyl (C=O) groups is 2. The van der Waals surface area contributed by atoms with E-state index in [2.05, 4.69) is 20.6 Å². The van der Waals surface area contributed by atoms with Crippen LogP contribution in [-0.4, -0.2) is 58.2 Å². The number of piperazine rings is 1. The Morgan fingerprint density at radius 1 is 1.00 bits per heavy atom. The number of nitrogens with one attached hydrogen (secondary N) is 2. The topological polar surface area (TPSA) is 104 Å². The van der Waals surface area contributed by atoms with Gasteiger partial charge in [-0.05, 0) is 37.1 Å². The zero-order valence-corrected chi connectivity index (χ0v) is 22.0. The van der Waals surface area contributed by atoms with Gasteiger partial charge >= 0.3 is 12.2 Å². The van der Waals surface area contributed by atoms with Crippen LogP contribution in [0.1, 0.15) is 41.9 Å². The van der Waals surface area contributed by atoms with Gasteiger partial charge in [-0.15, -0.1) is 0 Å². The standard InChI is InChI=1S/C26H26F4N6O3S/c27-18-7-3-4-8-19(18)33-24(38)36-13-11-35(12-14-36)20-10-9-16(15-31-20)32-23(37)21-22(26(28,29)30)34-25(39-21)40-17-5-1-2-6-17/h3-4,7-10,15,17H,1-2,5-6,11-14H2,(H,32,37)(H,33,38). The fourth-order valence-electron chi connectivity index (χ4n) is 4.58. The molecule has 5 rings (SSSR count). The first-order chi connectivity index (χ1) is 19.2. The Kier molecular flexibility index (Phi) is 8.14. The molecule has 0 atom stereocenters. The largest absolute Gasteiger partial charge is 0.437 e. The molecule has 2 aromatic heterocycles. The van der Waals surface area contributed by atoms with E-state index in [1.54, 1.807) is 17.0 Å². The number of hydrogen-bond acceptors (Lipinski definition) is 7. The molecule has 14 heteroatoms. The molecule has 0 spiro atoms. The highest BCUT2D eigenvalue weighted by molar-refractivity contribution is 7.99. The van der Waals surface area contributed by atoms with Gasteiger partial charge in [0.05, 0.1) is 17.6 Å². The number of amides is 3. The third kappa shape index (κ3) is 6.49. The van der Waals surface area contributed by atoms with Crippen molar-refractivity contribution in [2.24, 2.45) is 0 Å². The van der Waals surface area contributed by atoms with Crippen molar-refractivity contribution in [1.29, 1.82) is 0 Å². The van der Waals surface area contributed by atoms with Crippen LogP contribution in [0.25, 0.3) is 0 Å². The maximum Gasteiger partial charge on any atom is 0.437 e. The van der Waals surface area contributed by atoms with Gasteiger partial charge < -0.3 is 24.9 Å².